The zero-order valence-corrected chi connectivity index (χ0v) is 11.2. The van der Waals surface area contributed by atoms with Gasteiger partial charge in [-0.2, -0.15) is 0 Å². The minimum atomic E-state index is -0.962. The highest BCUT2D eigenvalue weighted by molar-refractivity contribution is 9.10. The molecule has 2 N–H and O–H groups in total. The van der Waals surface area contributed by atoms with Gasteiger partial charge in [-0.1, -0.05) is 0 Å². The number of nitrogens with one attached hydrogen (secondary N) is 1. The zero-order chi connectivity index (χ0) is 13.1. The van der Waals surface area contributed by atoms with Crippen LogP contribution in [-0.4, -0.2) is 22.0 Å². The molecule has 0 aliphatic rings. The summed E-state index contributed by atoms with van der Waals surface area (Å²) in [6.07, 6.45) is 1.22. The molecule has 0 saturated carbocycles. The summed E-state index contributed by atoms with van der Waals surface area (Å²) in [4.78, 5) is 26.3. The highest BCUT2D eigenvalue weighted by atomic mass is 79.9. The smallest absolute Gasteiger partial charge is 0.309 e. The van der Waals surface area contributed by atoms with Gasteiger partial charge in [-0.25, -0.2) is 4.98 Å². The number of halogens is 1. The highest BCUT2D eigenvalue weighted by Gasteiger charge is 2.14. The van der Waals surface area contributed by atoms with Gasteiger partial charge < -0.3 is 9.52 Å². The summed E-state index contributed by atoms with van der Waals surface area (Å²) in [6, 6.07) is 1.52. The minimum Gasteiger partial charge on any atom is -0.481 e. The van der Waals surface area contributed by atoms with Crippen LogP contribution in [0.25, 0.3) is 0 Å². The molecule has 2 heterocycles. The van der Waals surface area contributed by atoms with Crippen molar-refractivity contribution in [1.82, 2.24) is 4.98 Å². The van der Waals surface area contributed by atoms with E-state index >= 15 is 0 Å². The predicted molar refractivity (Wildman–Crippen MR) is 67.8 cm³/mol. The van der Waals surface area contributed by atoms with Crippen LogP contribution < -0.4 is 5.32 Å². The van der Waals surface area contributed by atoms with Crippen LogP contribution in [0.3, 0.4) is 0 Å². The summed E-state index contributed by atoms with van der Waals surface area (Å²) in [7, 11) is 0. The second-order valence-corrected chi connectivity index (χ2v) is 4.85. The van der Waals surface area contributed by atoms with Gasteiger partial charge in [0.05, 0.1) is 23.9 Å². The number of carboxylic acid groups (broad SMARTS) is 1. The molecule has 1 amide bonds. The molecule has 18 heavy (non-hydrogen) atoms. The average molecular weight is 331 g/mol. The Morgan fingerprint density at radius 3 is 2.94 bits per heavy atom. The molecule has 6 nitrogen and oxygen atoms in total. The maximum atomic E-state index is 11.8. The second kappa shape index (κ2) is 5.32. The monoisotopic (exact) mass is 330 g/mol. The first kappa shape index (κ1) is 12.8. The average Bonchev–Trinajstić information content (AvgIpc) is 2.87. The lowest BCUT2D eigenvalue weighted by atomic mass is 10.3. The number of aliphatic carboxylic acids is 1. The first-order valence-corrected chi connectivity index (χ1v) is 6.44. The fourth-order valence-corrected chi connectivity index (χ4v) is 2.35. The summed E-state index contributed by atoms with van der Waals surface area (Å²) in [5.74, 6) is -1.33. The summed E-state index contributed by atoms with van der Waals surface area (Å²) in [5.41, 5.74) is 0.763. The van der Waals surface area contributed by atoms with Gasteiger partial charge in [0.15, 0.2) is 9.80 Å². The highest BCUT2D eigenvalue weighted by Crippen LogP contribution is 2.21. The van der Waals surface area contributed by atoms with E-state index < -0.39 is 5.97 Å². The molecule has 94 valence electrons. The molecule has 0 aliphatic carbocycles. The fourth-order valence-electron chi connectivity index (χ4n) is 1.22. The number of thiazole rings is 1. The molecular weight excluding hydrogens is 324 g/mol. The van der Waals surface area contributed by atoms with E-state index in [4.69, 9.17) is 9.52 Å². The second-order valence-electron chi connectivity index (χ2n) is 3.28. The van der Waals surface area contributed by atoms with Gasteiger partial charge in [-0.3, -0.25) is 14.9 Å². The van der Waals surface area contributed by atoms with Gasteiger partial charge in [0.25, 0.3) is 5.91 Å². The normalized spacial score (nSPS) is 10.3. The molecular formula is C10H7BrN2O4S. The van der Waals surface area contributed by atoms with Crippen molar-refractivity contribution >= 4 is 44.3 Å². The summed E-state index contributed by atoms with van der Waals surface area (Å²) >= 11 is 4.27. The number of hydrogen-bond acceptors (Lipinski definition) is 5. The third kappa shape index (κ3) is 2.96. The number of carbonyl (C=O) groups is 2. The predicted octanol–water partition coefficient (Wildman–Crippen LogP) is 2.38. The third-order valence-electron chi connectivity index (χ3n) is 1.97. The van der Waals surface area contributed by atoms with Crippen molar-refractivity contribution in [3.05, 3.63) is 33.6 Å². The Hall–Kier alpha value is -1.67. The van der Waals surface area contributed by atoms with E-state index in [9.17, 15) is 9.59 Å². The first-order valence-electron chi connectivity index (χ1n) is 4.77. The van der Waals surface area contributed by atoms with E-state index in [0.29, 0.717) is 21.1 Å². The Bertz CT molecular complexity index is 592. The van der Waals surface area contributed by atoms with Gasteiger partial charge in [-0.05, 0) is 22.0 Å². The van der Waals surface area contributed by atoms with Crippen LogP contribution in [0.4, 0.5) is 5.13 Å². The number of carboxylic acids is 1. The van der Waals surface area contributed by atoms with Gasteiger partial charge >= 0.3 is 5.97 Å². The molecule has 0 unspecified atom stereocenters. The lowest BCUT2D eigenvalue weighted by Gasteiger charge is -1.98. The summed E-state index contributed by atoms with van der Waals surface area (Å²) in [6.45, 7) is 0. The molecule has 0 fully saturated rings. The maximum absolute atomic E-state index is 11.8. The van der Waals surface area contributed by atoms with E-state index in [1.165, 1.54) is 23.7 Å². The van der Waals surface area contributed by atoms with Crippen LogP contribution in [0, 0.1) is 0 Å². The number of anilines is 1. The first-order chi connectivity index (χ1) is 8.56. The molecule has 2 rings (SSSR count). The zero-order valence-electron chi connectivity index (χ0n) is 8.84. The van der Waals surface area contributed by atoms with Crippen LogP contribution in [0.5, 0.6) is 0 Å². The van der Waals surface area contributed by atoms with Gasteiger partial charge in [0.2, 0.25) is 0 Å². The summed E-state index contributed by atoms with van der Waals surface area (Å²) in [5, 5.41) is 13.1. The number of amides is 1. The van der Waals surface area contributed by atoms with E-state index in [2.05, 4.69) is 26.2 Å². The number of aromatic nitrogens is 1. The largest absolute Gasteiger partial charge is 0.481 e. The molecule has 0 aliphatic heterocycles. The third-order valence-corrected chi connectivity index (χ3v) is 3.39. The van der Waals surface area contributed by atoms with E-state index in [0.717, 1.165) is 0 Å². The van der Waals surface area contributed by atoms with Crippen LogP contribution in [0.2, 0.25) is 0 Å². The Morgan fingerprint density at radius 2 is 2.33 bits per heavy atom. The van der Waals surface area contributed by atoms with Crippen LogP contribution in [0.15, 0.2) is 26.8 Å². The number of nitrogens with zero attached hydrogens (tertiary/aromatic N) is 1. The molecule has 2 aromatic heterocycles. The molecule has 0 spiro atoms. The number of furan rings is 1. The lowest BCUT2D eigenvalue weighted by molar-refractivity contribution is -0.136. The quantitative estimate of drug-likeness (QED) is 0.897. The van der Waals surface area contributed by atoms with Crippen molar-refractivity contribution in [2.24, 2.45) is 0 Å². The van der Waals surface area contributed by atoms with Crippen molar-refractivity contribution < 1.29 is 19.1 Å². The maximum Gasteiger partial charge on any atom is 0.309 e. The Kier molecular flexibility index (Phi) is 3.78. The lowest BCUT2D eigenvalue weighted by Crippen LogP contribution is -2.11. The van der Waals surface area contributed by atoms with Gasteiger partial charge in [0.1, 0.15) is 0 Å². The summed E-state index contributed by atoms with van der Waals surface area (Å²) < 4.78 is 5.28. The van der Waals surface area contributed by atoms with E-state index in [1.54, 1.807) is 5.38 Å². The van der Waals surface area contributed by atoms with Crippen molar-refractivity contribution in [3.63, 3.8) is 0 Å². The topological polar surface area (TPSA) is 92.4 Å². The van der Waals surface area contributed by atoms with Crippen molar-refractivity contribution in [1.29, 1.82) is 0 Å². The molecule has 0 radical (unpaired) electrons. The number of carbonyl (C=O) groups excluding carboxylic acids is 1. The molecule has 0 saturated heterocycles. The van der Waals surface area contributed by atoms with Crippen molar-refractivity contribution in [2.75, 3.05) is 5.32 Å². The molecule has 8 heteroatoms. The van der Waals surface area contributed by atoms with Crippen LogP contribution in [0.1, 0.15) is 16.1 Å². The fraction of sp³-hybridized carbons (Fsp3) is 0.100. The minimum absolute atomic E-state index is 0.165. The Morgan fingerprint density at radius 1 is 1.56 bits per heavy atom. The Balaban J connectivity index is 2.06. The van der Waals surface area contributed by atoms with Crippen molar-refractivity contribution in [3.8, 4) is 0 Å². The van der Waals surface area contributed by atoms with Crippen LogP contribution >= 0.6 is 27.3 Å². The van der Waals surface area contributed by atoms with Gasteiger partial charge in [0, 0.05) is 5.38 Å². The van der Waals surface area contributed by atoms with E-state index in [1.807, 2.05) is 0 Å². The SMILES string of the molecule is O=C(O)Cc1csc(NC(=O)c2ccoc2Br)n1. The Labute approximate surface area is 114 Å². The van der Waals surface area contributed by atoms with Gasteiger partial charge in [-0.15, -0.1) is 11.3 Å². The number of hydrogen-bond donors (Lipinski definition) is 2. The molecule has 0 bridgehead atoms. The van der Waals surface area contributed by atoms with Crippen LogP contribution in [-0.2, 0) is 11.2 Å². The number of rotatable bonds is 4. The van der Waals surface area contributed by atoms with Crippen molar-refractivity contribution in [2.45, 2.75) is 6.42 Å². The molecule has 0 atom stereocenters. The molecule has 2 aromatic rings. The standard InChI is InChI=1S/C10H7BrN2O4S/c11-8-6(1-2-17-8)9(16)13-10-12-5(4-18-10)3-7(14)15/h1-2,4H,3H2,(H,14,15)(H,12,13,16). The van der Waals surface area contributed by atoms with E-state index in [-0.39, 0.29) is 12.3 Å². The molecule has 0 aromatic carbocycles.